The van der Waals surface area contributed by atoms with Crippen LogP contribution in [0.5, 0.6) is 11.5 Å². The van der Waals surface area contributed by atoms with Crippen LogP contribution in [0.4, 0.5) is 0 Å². The summed E-state index contributed by atoms with van der Waals surface area (Å²) in [6, 6.07) is 15.1. The molecule has 1 heterocycles. The van der Waals surface area contributed by atoms with E-state index in [9.17, 15) is 4.79 Å². The first-order chi connectivity index (χ1) is 13.6. The zero-order chi connectivity index (χ0) is 19.9. The van der Waals surface area contributed by atoms with Crippen LogP contribution in [0.2, 0.25) is 0 Å². The summed E-state index contributed by atoms with van der Waals surface area (Å²) < 4.78 is 12.2. The van der Waals surface area contributed by atoms with Gasteiger partial charge in [-0.05, 0) is 40.3 Å². The Morgan fingerprint density at radius 1 is 1.14 bits per heavy atom. The first-order valence-corrected chi connectivity index (χ1v) is 9.52. The van der Waals surface area contributed by atoms with Gasteiger partial charge in [-0.25, -0.2) is 0 Å². The number of thioether (sulfide) groups is 1. The van der Waals surface area contributed by atoms with E-state index in [-0.39, 0.29) is 11.7 Å². The van der Waals surface area contributed by atoms with Crippen LogP contribution in [0.15, 0.2) is 53.7 Å². The zero-order valence-corrected chi connectivity index (χ0v) is 16.7. The standard InChI is InChI=1S/C19H21N5O3S/c1-23(12-14-7-6-8-15(11-14)26-2)18(25)13-28-19-20-21-22-24(19)16-9-4-5-10-17(16)27-3/h4-11H,12-13H2,1-3H3. The molecule has 0 radical (unpaired) electrons. The monoisotopic (exact) mass is 399 g/mol. The Balaban J connectivity index is 1.64. The van der Waals surface area contributed by atoms with Gasteiger partial charge in [-0.15, -0.1) is 5.10 Å². The Kier molecular flexibility index (Phi) is 6.49. The lowest BCUT2D eigenvalue weighted by atomic mass is 10.2. The number of carbonyl (C=O) groups excluding carboxylic acids is 1. The highest BCUT2D eigenvalue weighted by atomic mass is 32.2. The Morgan fingerprint density at radius 2 is 1.96 bits per heavy atom. The number of hydrogen-bond donors (Lipinski definition) is 0. The van der Waals surface area contributed by atoms with Crippen molar-refractivity contribution >= 4 is 17.7 Å². The van der Waals surface area contributed by atoms with Crippen molar-refractivity contribution in [3.63, 3.8) is 0 Å². The van der Waals surface area contributed by atoms with Crippen molar-refractivity contribution in [1.29, 1.82) is 0 Å². The SMILES string of the molecule is COc1cccc(CN(C)C(=O)CSc2nnnn2-c2ccccc2OC)c1. The number of nitrogens with zero attached hydrogens (tertiary/aromatic N) is 5. The number of carbonyl (C=O) groups is 1. The van der Waals surface area contributed by atoms with Crippen molar-refractivity contribution in [3.8, 4) is 17.2 Å². The van der Waals surface area contributed by atoms with Gasteiger partial charge in [-0.2, -0.15) is 4.68 Å². The summed E-state index contributed by atoms with van der Waals surface area (Å²) in [6.07, 6.45) is 0. The minimum absolute atomic E-state index is 0.0256. The van der Waals surface area contributed by atoms with Gasteiger partial charge in [0, 0.05) is 13.6 Å². The third kappa shape index (κ3) is 4.61. The lowest BCUT2D eigenvalue weighted by Crippen LogP contribution is -2.27. The maximum absolute atomic E-state index is 12.5. The van der Waals surface area contributed by atoms with Crippen molar-refractivity contribution in [2.24, 2.45) is 0 Å². The predicted octanol–water partition coefficient (Wildman–Crippen LogP) is 2.43. The third-order valence-electron chi connectivity index (χ3n) is 4.06. The molecule has 1 aromatic heterocycles. The van der Waals surface area contributed by atoms with E-state index < -0.39 is 0 Å². The molecular weight excluding hydrogens is 378 g/mol. The quantitative estimate of drug-likeness (QED) is 0.538. The molecule has 3 aromatic rings. The van der Waals surface area contributed by atoms with Gasteiger partial charge in [0.1, 0.15) is 17.2 Å². The molecule has 2 aromatic carbocycles. The molecular formula is C19H21N5O3S. The predicted molar refractivity (Wildman–Crippen MR) is 106 cm³/mol. The fraction of sp³-hybridized carbons (Fsp3) is 0.263. The zero-order valence-electron chi connectivity index (χ0n) is 15.9. The lowest BCUT2D eigenvalue weighted by Gasteiger charge is -2.17. The number of rotatable bonds is 8. The molecule has 8 nitrogen and oxygen atoms in total. The first-order valence-electron chi connectivity index (χ1n) is 8.54. The number of ether oxygens (including phenoxy) is 2. The highest BCUT2D eigenvalue weighted by molar-refractivity contribution is 7.99. The molecule has 0 N–H and O–H groups in total. The van der Waals surface area contributed by atoms with Crippen LogP contribution in [-0.4, -0.2) is 58.0 Å². The second kappa shape index (κ2) is 9.23. The van der Waals surface area contributed by atoms with Crippen molar-refractivity contribution in [2.75, 3.05) is 27.0 Å². The maximum Gasteiger partial charge on any atom is 0.233 e. The molecule has 0 atom stereocenters. The molecule has 0 aliphatic rings. The minimum Gasteiger partial charge on any atom is -0.497 e. The molecule has 0 spiro atoms. The average Bonchev–Trinajstić information content (AvgIpc) is 3.20. The second-order valence-electron chi connectivity index (χ2n) is 5.94. The Morgan fingerprint density at radius 3 is 2.75 bits per heavy atom. The fourth-order valence-electron chi connectivity index (χ4n) is 2.59. The summed E-state index contributed by atoms with van der Waals surface area (Å²) in [5.74, 6) is 1.61. The molecule has 0 saturated carbocycles. The summed E-state index contributed by atoms with van der Waals surface area (Å²) in [7, 11) is 4.98. The Bertz CT molecular complexity index is 947. The number of tetrazole rings is 1. The van der Waals surface area contributed by atoms with Gasteiger partial charge in [0.25, 0.3) is 0 Å². The number of amides is 1. The number of hydrogen-bond acceptors (Lipinski definition) is 7. The van der Waals surface area contributed by atoms with Gasteiger partial charge >= 0.3 is 0 Å². The van der Waals surface area contributed by atoms with Crippen molar-refractivity contribution < 1.29 is 14.3 Å². The van der Waals surface area contributed by atoms with Crippen LogP contribution in [0, 0.1) is 0 Å². The number of benzene rings is 2. The topological polar surface area (TPSA) is 82.4 Å². The van der Waals surface area contributed by atoms with E-state index in [1.54, 1.807) is 30.8 Å². The van der Waals surface area contributed by atoms with Crippen molar-refractivity contribution in [2.45, 2.75) is 11.7 Å². The molecule has 0 aliphatic heterocycles. The van der Waals surface area contributed by atoms with Crippen LogP contribution >= 0.6 is 11.8 Å². The fourth-order valence-corrected chi connectivity index (χ4v) is 3.42. The third-order valence-corrected chi connectivity index (χ3v) is 4.96. The smallest absolute Gasteiger partial charge is 0.233 e. The normalized spacial score (nSPS) is 10.5. The molecule has 1 amide bonds. The van der Waals surface area contributed by atoms with Crippen LogP contribution in [-0.2, 0) is 11.3 Å². The highest BCUT2D eigenvalue weighted by Crippen LogP contribution is 2.25. The van der Waals surface area contributed by atoms with Crippen molar-refractivity contribution in [3.05, 3.63) is 54.1 Å². The Labute approximate surface area is 167 Å². The van der Waals surface area contributed by atoms with Gasteiger partial charge < -0.3 is 14.4 Å². The summed E-state index contributed by atoms with van der Waals surface area (Å²) in [5.41, 5.74) is 1.72. The molecule has 0 unspecified atom stereocenters. The van der Waals surface area contributed by atoms with E-state index in [0.717, 1.165) is 17.0 Å². The number of para-hydroxylation sites is 2. The second-order valence-corrected chi connectivity index (χ2v) is 6.88. The molecule has 28 heavy (non-hydrogen) atoms. The number of methoxy groups -OCH3 is 2. The first kappa shape index (κ1) is 19.7. The molecule has 0 aliphatic carbocycles. The highest BCUT2D eigenvalue weighted by Gasteiger charge is 2.16. The van der Waals surface area contributed by atoms with Crippen molar-refractivity contribution in [1.82, 2.24) is 25.1 Å². The van der Waals surface area contributed by atoms with Crippen LogP contribution in [0.25, 0.3) is 5.69 Å². The Hall–Kier alpha value is -3.07. The summed E-state index contributed by atoms with van der Waals surface area (Å²) in [4.78, 5) is 14.2. The van der Waals surface area contributed by atoms with E-state index in [0.29, 0.717) is 17.5 Å². The largest absolute Gasteiger partial charge is 0.497 e. The summed E-state index contributed by atoms with van der Waals surface area (Å²) >= 11 is 1.28. The van der Waals surface area contributed by atoms with E-state index >= 15 is 0 Å². The molecule has 9 heteroatoms. The van der Waals surface area contributed by atoms with E-state index in [1.165, 1.54) is 11.8 Å². The van der Waals surface area contributed by atoms with Crippen LogP contribution in [0.1, 0.15) is 5.56 Å². The van der Waals surface area contributed by atoms with Gasteiger partial charge in [-0.1, -0.05) is 36.0 Å². The summed E-state index contributed by atoms with van der Waals surface area (Å²) in [5, 5.41) is 12.3. The molecule has 146 valence electrons. The molecule has 0 bridgehead atoms. The van der Waals surface area contributed by atoms with Gasteiger partial charge in [0.15, 0.2) is 0 Å². The van der Waals surface area contributed by atoms with Gasteiger partial charge in [-0.3, -0.25) is 4.79 Å². The van der Waals surface area contributed by atoms with Gasteiger partial charge in [0.05, 0.1) is 20.0 Å². The van der Waals surface area contributed by atoms with Crippen LogP contribution in [0.3, 0.4) is 0 Å². The molecule has 0 fully saturated rings. The molecule has 3 rings (SSSR count). The summed E-state index contributed by atoms with van der Waals surface area (Å²) in [6.45, 7) is 0.494. The van der Waals surface area contributed by atoms with E-state index in [2.05, 4.69) is 15.5 Å². The minimum atomic E-state index is -0.0256. The maximum atomic E-state index is 12.5. The number of aromatic nitrogens is 4. The van der Waals surface area contributed by atoms with E-state index in [1.807, 2.05) is 48.5 Å². The van der Waals surface area contributed by atoms with E-state index in [4.69, 9.17) is 9.47 Å². The molecule has 0 saturated heterocycles. The lowest BCUT2D eigenvalue weighted by molar-refractivity contribution is -0.127. The van der Waals surface area contributed by atoms with Crippen LogP contribution < -0.4 is 9.47 Å². The average molecular weight is 399 g/mol. The van der Waals surface area contributed by atoms with Gasteiger partial charge in [0.2, 0.25) is 11.1 Å².